The molecule has 0 amide bonds. The van der Waals surface area contributed by atoms with Crippen molar-refractivity contribution in [1.82, 2.24) is 0 Å². The van der Waals surface area contributed by atoms with Crippen LogP contribution in [0.25, 0.3) is 0 Å². The number of benzene rings is 3. The predicted molar refractivity (Wildman–Crippen MR) is 129 cm³/mol. The Labute approximate surface area is 196 Å². The second kappa shape index (κ2) is 10.8. The molecule has 2 atom stereocenters. The molecule has 4 rings (SSSR count). The zero-order valence-electron chi connectivity index (χ0n) is 19.4. The molecule has 3 aromatic rings. The Balaban J connectivity index is 1.38. The van der Waals surface area contributed by atoms with Crippen molar-refractivity contribution in [2.24, 2.45) is 5.92 Å². The summed E-state index contributed by atoms with van der Waals surface area (Å²) < 4.78 is 17.6. The van der Waals surface area contributed by atoms with Gasteiger partial charge in [0.25, 0.3) is 0 Å². The second-order valence-corrected chi connectivity index (χ2v) is 9.09. The van der Waals surface area contributed by atoms with Crippen LogP contribution in [0.15, 0.2) is 84.9 Å². The summed E-state index contributed by atoms with van der Waals surface area (Å²) in [5.41, 5.74) is 4.79. The summed E-state index contributed by atoms with van der Waals surface area (Å²) in [4.78, 5) is 12.9. The van der Waals surface area contributed by atoms with E-state index in [1.807, 2.05) is 50.2 Å². The Morgan fingerprint density at radius 3 is 2.24 bits per heavy atom. The van der Waals surface area contributed by atoms with E-state index >= 15 is 0 Å². The van der Waals surface area contributed by atoms with Gasteiger partial charge in [-0.1, -0.05) is 84.9 Å². The largest absolute Gasteiger partial charge is 0.460 e. The van der Waals surface area contributed by atoms with Crippen LogP contribution in [0, 0.1) is 5.92 Å². The summed E-state index contributed by atoms with van der Waals surface area (Å²) in [6.07, 6.45) is 2.21. The van der Waals surface area contributed by atoms with Gasteiger partial charge < -0.3 is 14.2 Å². The summed E-state index contributed by atoms with van der Waals surface area (Å²) in [6, 6.07) is 28.9. The van der Waals surface area contributed by atoms with Crippen molar-refractivity contribution in [3.63, 3.8) is 0 Å². The number of hydrogen-bond donors (Lipinski definition) is 0. The molecular weight excluding hydrogens is 412 g/mol. The molecule has 0 aromatic heterocycles. The first-order valence-electron chi connectivity index (χ1n) is 11.6. The van der Waals surface area contributed by atoms with Crippen LogP contribution >= 0.6 is 0 Å². The minimum atomic E-state index is -0.712. The van der Waals surface area contributed by atoms with Gasteiger partial charge >= 0.3 is 5.97 Å². The van der Waals surface area contributed by atoms with E-state index in [0.717, 1.165) is 24.8 Å². The van der Waals surface area contributed by atoms with Crippen LogP contribution in [0.1, 0.15) is 42.5 Å². The predicted octanol–water partition coefficient (Wildman–Crippen LogP) is 5.72. The van der Waals surface area contributed by atoms with E-state index in [1.54, 1.807) is 0 Å². The first-order valence-corrected chi connectivity index (χ1v) is 11.6. The maximum atomic E-state index is 12.9. The van der Waals surface area contributed by atoms with Crippen molar-refractivity contribution < 1.29 is 19.0 Å². The van der Waals surface area contributed by atoms with Crippen LogP contribution in [-0.4, -0.2) is 24.5 Å². The Kier molecular flexibility index (Phi) is 7.58. The second-order valence-electron chi connectivity index (χ2n) is 9.09. The van der Waals surface area contributed by atoms with Gasteiger partial charge in [0.15, 0.2) is 5.79 Å². The first-order chi connectivity index (χ1) is 16.0. The third-order valence-electron chi connectivity index (χ3n) is 5.98. The summed E-state index contributed by atoms with van der Waals surface area (Å²) >= 11 is 0. The molecule has 1 aliphatic heterocycles. The molecule has 3 aromatic carbocycles. The molecule has 4 heteroatoms. The van der Waals surface area contributed by atoms with Crippen molar-refractivity contribution in [1.29, 1.82) is 0 Å². The lowest BCUT2D eigenvalue weighted by molar-refractivity contribution is -0.292. The quantitative estimate of drug-likeness (QED) is 0.417. The zero-order valence-corrected chi connectivity index (χ0v) is 19.4. The minimum Gasteiger partial charge on any atom is -0.460 e. The van der Waals surface area contributed by atoms with E-state index in [0.29, 0.717) is 6.61 Å². The number of hydrogen-bond acceptors (Lipinski definition) is 4. The Hall–Kier alpha value is -2.95. The molecule has 172 valence electrons. The van der Waals surface area contributed by atoms with Crippen LogP contribution in [0.4, 0.5) is 0 Å². The minimum absolute atomic E-state index is 0.255. The van der Waals surface area contributed by atoms with E-state index in [4.69, 9.17) is 14.2 Å². The molecule has 0 unspecified atom stereocenters. The van der Waals surface area contributed by atoms with Gasteiger partial charge in [-0.25, -0.2) is 0 Å². The molecule has 1 aliphatic rings. The van der Waals surface area contributed by atoms with Crippen LogP contribution in [0.2, 0.25) is 0 Å². The van der Waals surface area contributed by atoms with Gasteiger partial charge in [-0.3, -0.25) is 4.79 Å². The van der Waals surface area contributed by atoms with Crippen molar-refractivity contribution in [2.75, 3.05) is 6.61 Å². The highest BCUT2D eigenvalue weighted by Gasteiger charge is 2.40. The van der Waals surface area contributed by atoms with Crippen LogP contribution in [-0.2, 0) is 38.5 Å². The fourth-order valence-corrected chi connectivity index (χ4v) is 4.23. The molecule has 0 bridgehead atoms. The zero-order chi connectivity index (χ0) is 23.1. The fraction of sp³-hybridized carbons (Fsp3) is 0.345. The summed E-state index contributed by atoms with van der Waals surface area (Å²) in [5.74, 6) is -1.41. The molecule has 0 spiro atoms. The lowest BCUT2D eigenvalue weighted by atomic mass is 9.94. The maximum absolute atomic E-state index is 12.9. The molecule has 0 aliphatic carbocycles. The topological polar surface area (TPSA) is 44.8 Å². The third kappa shape index (κ3) is 6.77. The van der Waals surface area contributed by atoms with Crippen molar-refractivity contribution in [3.05, 3.63) is 107 Å². The molecule has 1 fully saturated rings. The molecule has 33 heavy (non-hydrogen) atoms. The molecule has 0 radical (unpaired) electrons. The lowest BCUT2D eigenvalue weighted by Gasteiger charge is -2.40. The van der Waals surface area contributed by atoms with Gasteiger partial charge in [-0.15, -0.1) is 0 Å². The van der Waals surface area contributed by atoms with Gasteiger partial charge in [0, 0.05) is 0 Å². The van der Waals surface area contributed by atoms with Crippen LogP contribution < -0.4 is 0 Å². The Morgan fingerprint density at radius 1 is 0.879 bits per heavy atom. The van der Waals surface area contributed by atoms with Crippen LogP contribution in [0.5, 0.6) is 0 Å². The summed E-state index contributed by atoms with van der Waals surface area (Å²) in [5, 5.41) is 0. The third-order valence-corrected chi connectivity index (χ3v) is 5.98. The van der Waals surface area contributed by atoms with Gasteiger partial charge in [-0.05, 0) is 55.4 Å². The van der Waals surface area contributed by atoms with Gasteiger partial charge in [-0.2, -0.15) is 0 Å². The van der Waals surface area contributed by atoms with E-state index in [9.17, 15) is 4.79 Å². The maximum Gasteiger partial charge on any atom is 0.314 e. The number of rotatable bonds is 8. The number of esters is 1. The smallest absolute Gasteiger partial charge is 0.314 e. The van der Waals surface area contributed by atoms with E-state index in [-0.39, 0.29) is 18.7 Å². The monoisotopic (exact) mass is 444 g/mol. The highest BCUT2D eigenvalue weighted by Crippen LogP contribution is 2.30. The molecule has 1 saturated heterocycles. The molecule has 1 heterocycles. The standard InChI is InChI=1S/C29H32O4/c1-29(2)32-21-26(28(30)31-20-24-12-7-4-8-13-24)27(33-29)17-16-23-14-9-15-25(19-23)18-22-10-5-3-6-11-22/h3-15,19,26-27H,16-18,20-21H2,1-2H3/t26-,27-/m1/s1. The molecule has 0 N–H and O–H groups in total. The summed E-state index contributed by atoms with van der Waals surface area (Å²) in [7, 11) is 0. The normalized spacial score (nSPS) is 19.7. The Morgan fingerprint density at radius 2 is 1.52 bits per heavy atom. The number of carbonyl (C=O) groups excluding carboxylic acids is 1. The van der Waals surface area contributed by atoms with Crippen LogP contribution in [0.3, 0.4) is 0 Å². The summed E-state index contributed by atoms with van der Waals surface area (Å²) in [6.45, 7) is 4.35. The van der Waals surface area contributed by atoms with E-state index in [1.165, 1.54) is 16.7 Å². The SMILES string of the molecule is CC1(C)OC[C@@H](C(=O)OCc2ccccc2)[C@@H](CCc2cccc(Cc3ccccc3)c2)O1. The van der Waals surface area contributed by atoms with E-state index < -0.39 is 11.7 Å². The lowest BCUT2D eigenvalue weighted by Crippen LogP contribution is -2.49. The molecular formula is C29H32O4. The Bertz CT molecular complexity index is 1030. The fourth-order valence-electron chi connectivity index (χ4n) is 4.23. The highest BCUT2D eigenvalue weighted by molar-refractivity contribution is 5.73. The average molecular weight is 445 g/mol. The first kappa shape index (κ1) is 23.2. The number of ether oxygens (including phenoxy) is 3. The number of aryl methyl sites for hydroxylation is 1. The average Bonchev–Trinajstić information content (AvgIpc) is 2.82. The molecule has 0 saturated carbocycles. The van der Waals surface area contributed by atoms with Crippen molar-refractivity contribution in [2.45, 2.75) is 51.6 Å². The van der Waals surface area contributed by atoms with Gasteiger partial charge in [0.05, 0.1) is 12.7 Å². The highest BCUT2D eigenvalue weighted by atomic mass is 16.7. The van der Waals surface area contributed by atoms with Crippen molar-refractivity contribution in [3.8, 4) is 0 Å². The van der Waals surface area contributed by atoms with E-state index in [2.05, 4.69) is 48.5 Å². The number of carbonyl (C=O) groups is 1. The van der Waals surface area contributed by atoms with Crippen molar-refractivity contribution >= 4 is 5.97 Å². The molecule has 4 nitrogen and oxygen atoms in total. The van der Waals surface area contributed by atoms with Gasteiger partial charge in [0.1, 0.15) is 12.5 Å². The van der Waals surface area contributed by atoms with Gasteiger partial charge in [0.2, 0.25) is 0 Å².